The van der Waals surface area contributed by atoms with Gasteiger partial charge in [-0.05, 0) is 49.2 Å². The molecule has 2 N–H and O–H groups in total. The first kappa shape index (κ1) is 15.0. The minimum absolute atomic E-state index is 0.0857. The molecular weight excluding hydrogens is 288 g/mol. The number of amides is 1. The first-order chi connectivity index (χ1) is 11.0. The first-order valence-corrected chi connectivity index (χ1v) is 7.39. The van der Waals surface area contributed by atoms with E-state index in [2.05, 4.69) is 34.3 Å². The number of benzene rings is 1. The molecule has 1 amide bonds. The average molecular weight is 306 g/mol. The van der Waals surface area contributed by atoms with Crippen LogP contribution in [-0.2, 0) is 11.3 Å². The third-order valence-electron chi connectivity index (χ3n) is 3.53. The fourth-order valence-electron chi connectivity index (χ4n) is 2.62. The number of rotatable bonds is 4. The SMILES string of the molecule is Cc1cc(-c2cccc(-c3ccn(CC(N)=O)n3)c2)cc(C)n1. The lowest BCUT2D eigenvalue weighted by molar-refractivity contribution is -0.118. The van der Waals surface area contributed by atoms with Gasteiger partial charge in [0.1, 0.15) is 6.54 Å². The van der Waals surface area contributed by atoms with E-state index in [-0.39, 0.29) is 6.54 Å². The lowest BCUT2D eigenvalue weighted by Crippen LogP contribution is -2.18. The van der Waals surface area contributed by atoms with Gasteiger partial charge in [-0.15, -0.1) is 0 Å². The molecule has 2 heterocycles. The van der Waals surface area contributed by atoms with E-state index in [0.29, 0.717) is 0 Å². The average Bonchev–Trinajstić information content (AvgIpc) is 2.94. The van der Waals surface area contributed by atoms with Crippen molar-refractivity contribution in [3.8, 4) is 22.4 Å². The molecule has 23 heavy (non-hydrogen) atoms. The number of carbonyl (C=O) groups excluding carboxylic acids is 1. The summed E-state index contributed by atoms with van der Waals surface area (Å²) in [4.78, 5) is 15.4. The minimum Gasteiger partial charge on any atom is -0.368 e. The van der Waals surface area contributed by atoms with Gasteiger partial charge in [0.2, 0.25) is 5.91 Å². The summed E-state index contributed by atoms with van der Waals surface area (Å²) in [7, 11) is 0. The van der Waals surface area contributed by atoms with Gasteiger partial charge < -0.3 is 5.73 Å². The number of nitrogens with two attached hydrogens (primary N) is 1. The third kappa shape index (κ3) is 3.45. The molecule has 1 aromatic carbocycles. The Hall–Kier alpha value is -2.95. The van der Waals surface area contributed by atoms with Gasteiger partial charge >= 0.3 is 0 Å². The Labute approximate surface area is 134 Å². The van der Waals surface area contributed by atoms with E-state index in [0.717, 1.165) is 33.8 Å². The molecule has 0 fully saturated rings. The lowest BCUT2D eigenvalue weighted by atomic mass is 10.0. The highest BCUT2D eigenvalue weighted by Crippen LogP contribution is 2.26. The number of aromatic nitrogens is 3. The minimum atomic E-state index is -0.406. The van der Waals surface area contributed by atoms with Crippen LogP contribution in [0.3, 0.4) is 0 Å². The van der Waals surface area contributed by atoms with Crippen molar-refractivity contribution in [2.45, 2.75) is 20.4 Å². The molecule has 5 heteroatoms. The maximum Gasteiger partial charge on any atom is 0.239 e. The van der Waals surface area contributed by atoms with E-state index < -0.39 is 5.91 Å². The van der Waals surface area contributed by atoms with Crippen molar-refractivity contribution in [1.29, 1.82) is 0 Å². The maximum atomic E-state index is 11.0. The van der Waals surface area contributed by atoms with E-state index in [1.54, 1.807) is 10.9 Å². The Balaban J connectivity index is 1.96. The number of nitrogens with zero attached hydrogens (tertiary/aromatic N) is 3. The molecule has 0 radical (unpaired) electrons. The number of hydrogen-bond donors (Lipinski definition) is 1. The fourth-order valence-corrected chi connectivity index (χ4v) is 2.62. The Morgan fingerprint density at radius 1 is 1.04 bits per heavy atom. The second-order valence-corrected chi connectivity index (χ2v) is 5.58. The Morgan fingerprint density at radius 3 is 2.43 bits per heavy atom. The summed E-state index contributed by atoms with van der Waals surface area (Å²) in [5, 5.41) is 4.39. The van der Waals surface area contributed by atoms with Crippen molar-refractivity contribution in [1.82, 2.24) is 14.8 Å². The van der Waals surface area contributed by atoms with Crippen molar-refractivity contribution < 1.29 is 4.79 Å². The highest BCUT2D eigenvalue weighted by molar-refractivity contribution is 5.74. The summed E-state index contributed by atoms with van der Waals surface area (Å²) in [5.74, 6) is -0.406. The van der Waals surface area contributed by atoms with Crippen LogP contribution in [0, 0.1) is 13.8 Å². The van der Waals surface area contributed by atoms with E-state index in [9.17, 15) is 4.79 Å². The number of primary amides is 1. The summed E-state index contributed by atoms with van der Waals surface area (Å²) < 4.78 is 1.55. The van der Waals surface area contributed by atoms with Crippen LogP contribution in [0.25, 0.3) is 22.4 Å². The third-order valence-corrected chi connectivity index (χ3v) is 3.53. The molecule has 116 valence electrons. The van der Waals surface area contributed by atoms with Gasteiger partial charge in [-0.2, -0.15) is 5.10 Å². The van der Waals surface area contributed by atoms with Crippen LogP contribution in [0.4, 0.5) is 0 Å². The molecule has 3 aromatic rings. The molecule has 3 rings (SSSR count). The summed E-state index contributed by atoms with van der Waals surface area (Å²) in [6.45, 7) is 4.07. The second kappa shape index (κ2) is 6.04. The molecule has 0 aliphatic heterocycles. The normalized spacial score (nSPS) is 10.7. The van der Waals surface area contributed by atoms with Crippen LogP contribution in [0.15, 0.2) is 48.7 Å². The van der Waals surface area contributed by atoms with Crippen molar-refractivity contribution in [3.63, 3.8) is 0 Å². The lowest BCUT2D eigenvalue weighted by Gasteiger charge is -2.06. The van der Waals surface area contributed by atoms with E-state index in [4.69, 9.17) is 5.73 Å². The highest BCUT2D eigenvalue weighted by atomic mass is 16.1. The quantitative estimate of drug-likeness (QED) is 0.805. The van der Waals surface area contributed by atoms with Crippen LogP contribution < -0.4 is 5.73 Å². The van der Waals surface area contributed by atoms with E-state index in [1.807, 2.05) is 32.0 Å². The molecule has 0 atom stereocenters. The Bertz CT molecular complexity index is 847. The Morgan fingerprint density at radius 2 is 1.74 bits per heavy atom. The predicted octanol–water partition coefficient (Wildman–Crippen LogP) is 2.71. The topological polar surface area (TPSA) is 73.8 Å². The molecule has 0 saturated carbocycles. The van der Waals surface area contributed by atoms with Crippen LogP contribution in [0.5, 0.6) is 0 Å². The Kier molecular flexibility index (Phi) is 3.93. The molecule has 0 bridgehead atoms. The van der Waals surface area contributed by atoms with Gasteiger partial charge in [0.15, 0.2) is 0 Å². The molecular formula is C18H18N4O. The fraction of sp³-hybridized carbons (Fsp3) is 0.167. The molecule has 0 aliphatic rings. The van der Waals surface area contributed by atoms with Crippen molar-refractivity contribution in [3.05, 3.63) is 60.0 Å². The van der Waals surface area contributed by atoms with E-state index in [1.165, 1.54) is 0 Å². The molecule has 0 spiro atoms. The van der Waals surface area contributed by atoms with Gasteiger partial charge in [0.05, 0.1) is 5.69 Å². The number of pyridine rings is 1. The number of carbonyl (C=O) groups is 1. The van der Waals surface area contributed by atoms with Gasteiger partial charge in [-0.1, -0.05) is 18.2 Å². The van der Waals surface area contributed by atoms with Gasteiger partial charge in [-0.3, -0.25) is 14.5 Å². The van der Waals surface area contributed by atoms with Crippen molar-refractivity contribution in [2.24, 2.45) is 5.73 Å². The second-order valence-electron chi connectivity index (χ2n) is 5.58. The standard InChI is InChI=1S/C18H18N4O/c1-12-8-16(9-13(2)20-12)14-4-3-5-15(10-14)17-6-7-22(21-17)11-18(19)23/h3-10H,11H2,1-2H3,(H2,19,23). The summed E-state index contributed by atoms with van der Waals surface area (Å²) in [6, 6.07) is 14.2. The number of hydrogen-bond acceptors (Lipinski definition) is 3. The first-order valence-electron chi connectivity index (χ1n) is 7.39. The number of aryl methyl sites for hydroxylation is 2. The molecule has 5 nitrogen and oxygen atoms in total. The van der Waals surface area contributed by atoms with Gasteiger partial charge in [-0.25, -0.2) is 0 Å². The predicted molar refractivity (Wildman–Crippen MR) is 89.6 cm³/mol. The van der Waals surface area contributed by atoms with Gasteiger partial charge in [0.25, 0.3) is 0 Å². The summed E-state index contributed by atoms with van der Waals surface area (Å²) >= 11 is 0. The summed E-state index contributed by atoms with van der Waals surface area (Å²) in [5.41, 5.74) is 11.2. The van der Waals surface area contributed by atoms with Crippen LogP contribution in [-0.4, -0.2) is 20.7 Å². The van der Waals surface area contributed by atoms with Crippen LogP contribution >= 0.6 is 0 Å². The largest absolute Gasteiger partial charge is 0.368 e. The monoisotopic (exact) mass is 306 g/mol. The highest BCUT2D eigenvalue weighted by Gasteiger charge is 2.07. The van der Waals surface area contributed by atoms with E-state index >= 15 is 0 Å². The molecule has 2 aromatic heterocycles. The van der Waals surface area contributed by atoms with Crippen LogP contribution in [0.2, 0.25) is 0 Å². The smallest absolute Gasteiger partial charge is 0.239 e. The molecule has 0 saturated heterocycles. The zero-order chi connectivity index (χ0) is 16.4. The zero-order valence-electron chi connectivity index (χ0n) is 13.2. The zero-order valence-corrected chi connectivity index (χ0v) is 13.2. The summed E-state index contributed by atoms with van der Waals surface area (Å²) in [6.07, 6.45) is 1.76. The van der Waals surface area contributed by atoms with Crippen molar-refractivity contribution in [2.75, 3.05) is 0 Å². The van der Waals surface area contributed by atoms with Gasteiger partial charge in [0, 0.05) is 23.1 Å². The maximum absolute atomic E-state index is 11.0. The molecule has 0 unspecified atom stereocenters. The van der Waals surface area contributed by atoms with Crippen molar-refractivity contribution >= 4 is 5.91 Å². The van der Waals surface area contributed by atoms with Crippen LogP contribution in [0.1, 0.15) is 11.4 Å². The molecule has 0 aliphatic carbocycles.